The highest BCUT2D eigenvalue weighted by molar-refractivity contribution is 5.87. The van der Waals surface area contributed by atoms with Crippen LogP contribution in [-0.4, -0.2) is 16.0 Å². The minimum atomic E-state index is -1.01. The van der Waals surface area contributed by atoms with E-state index in [4.69, 9.17) is 9.84 Å². The smallest absolute Gasteiger partial charge is 0.335 e. The van der Waals surface area contributed by atoms with Crippen LogP contribution >= 0.6 is 0 Å². The number of benzene rings is 2. The largest absolute Gasteiger partial charge is 0.478 e. The van der Waals surface area contributed by atoms with Gasteiger partial charge in [-0.25, -0.2) is 4.79 Å². The van der Waals surface area contributed by atoms with Crippen LogP contribution in [0.4, 0.5) is 5.69 Å². The number of carbonyl (C=O) groups is 1. The number of ether oxygens (including phenoxy) is 1. The molecule has 0 unspecified atom stereocenters. The summed E-state index contributed by atoms with van der Waals surface area (Å²) in [4.78, 5) is 20.9. The average Bonchev–Trinajstić information content (AvgIpc) is 2.41. The molecule has 0 spiro atoms. The van der Waals surface area contributed by atoms with Crippen molar-refractivity contribution in [1.29, 1.82) is 0 Å². The quantitative estimate of drug-likeness (QED) is 0.681. The Morgan fingerprint density at radius 2 is 1.85 bits per heavy atom. The SMILES string of the molecule is Cc1cc([N+](=O)[O-])ccc1Oc1ccc(C(=O)O)cc1. The lowest BCUT2D eigenvalue weighted by molar-refractivity contribution is -0.384. The van der Waals surface area contributed by atoms with Gasteiger partial charge >= 0.3 is 5.97 Å². The second-order valence-corrected chi connectivity index (χ2v) is 4.14. The molecule has 6 heteroatoms. The third kappa shape index (κ3) is 2.92. The molecular formula is C14H11NO5. The minimum absolute atomic E-state index is 0.00363. The monoisotopic (exact) mass is 273 g/mol. The number of hydrogen-bond donors (Lipinski definition) is 1. The van der Waals surface area contributed by atoms with Crippen LogP contribution in [0, 0.1) is 17.0 Å². The van der Waals surface area contributed by atoms with E-state index in [2.05, 4.69) is 0 Å². The first-order chi connectivity index (χ1) is 9.47. The third-order valence-electron chi connectivity index (χ3n) is 2.70. The van der Waals surface area contributed by atoms with Gasteiger partial charge in [0.2, 0.25) is 0 Å². The van der Waals surface area contributed by atoms with Gasteiger partial charge in [0.15, 0.2) is 0 Å². The highest BCUT2D eigenvalue weighted by Gasteiger charge is 2.10. The van der Waals surface area contributed by atoms with Crippen molar-refractivity contribution in [3.8, 4) is 11.5 Å². The molecule has 1 N–H and O–H groups in total. The first-order valence-corrected chi connectivity index (χ1v) is 5.73. The zero-order chi connectivity index (χ0) is 14.7. The maximum absolute atomic E-state index is 10.7. The van der Waals surface area contributed by atoms with Crippen molar-refractivity contribution in [2.45, 2.75) is 6.92 Å². The zero-order valence-electron chi connectivity index (χ0n) is 10.6. The molecule has 2 rings (SSSR count). The fraction of sp³-hybridized carbons (Fsp3) is 0.0714. The van der Waals surface area contributed by atoms with Crippen molar-refractivity contribution in [2.24, 2.45) is 0 Å². The van der Waals surface area contributed by atoms with Crippen LogP contribution in [0.1, 0.15) is 15.9 Å². The van der Waals surface area contributed by atoms with Gasteiger partial charge in [-0.2, -0.15) is 0 Å². The Hall–Kier alpha value is -2.89. The van der Waals surface area contributed by atoms with Gasteiger partial charge in [-0.15, -0.1) is 0 Å². The number of rotatable bonds is 4. The molecule has 0 radical (unpaired) electrons. The van der Waals surface area contributed by atoms with Gasteiger partial charge in [-0.3, -0.25) is 10.1 Å². The Morgan fingerprint density at radius 1 is 1.20 bits per heavy atom. The average molecular weight is 273 g/mol. The molecule has 0 aliphatic rings. The predicted octanol–water partition coefficient (Wildman–Crippen LogP) is 3.39. The Labute approximate surface area is 114 Å². The summed E-state index contributed by atoms with van der Waals surface area (Å²) in [6.45, 7) is 1.70. The molecule has 6 nitrogen and oxygen atoms in total. The van der Waals surface area contributed by atoms with E-state index in [1.165, 1.54) is 42.5 Å². The van der Waals surface area contributed by atoms with Crippen molar-refractivity contribution in [2.75, 3.05) is 0 Å². The fourth-order valence-electron chi connectivity index (χ4n) is 1.65. The van der Waals surface area contributed by atoms with Crippen LogP contribution in [0.15, 0.2) is 42.5 Å². The summed E-state index contributed by atoms with van der Waals surface area (Å²) in [7, 11) is 0. The molecule has 20 heavy (non-hydrogen) atoms. The Bertz CT molecular complexity index is 664. The lowest BCUT2D eigenvalue weighted by Crippen LogP contribution is -1.96. The first kappa shape index (κ1) is 13.5. The van der Waals surface area contributed by atoms with Crippen molar-refractivity contribution in [3.05, 3.63) is 63.7 Å². The highest BCUT2D eigenvalue weighted by Crippen LogP contribution is 2.28. The van der Waals surface area contributed by atoms with E-state index >= 15 is 0 Å². The number of nitrogens with zero attached hydrogens (tertiary/aromatic N) is 1. The van der Waals surface area contributed by atoms with Gasteiger partial charge in [-0.05, 0) is 42.8 Å². The Kier molecular flexibility index (Phi) is 3.65. The van der Waals surface area contributed by atoms with E-state index in [-0.39, 0.29) is 11.3 Å². The molecule has 2 aromatic rings. The van der Waals surface area contributed by atoms with Gasteiger partial charge in [0.25, 0.3) is 5.69 Å². The van der Waals surface area contributed by atoms with Gasteiger partial charge < -0.3 is 9.84 Å². The summed E-state index contributed by atoms with van der Waals surface area (Å²) < 4.78 is 5.56. The van der Waals surface area contributed by atoms with E-state index in [0.717, 1.165) is 0 Å². The van der Waals surface area contributed by atoms with Crippen LogP contribution in [0.25, 0.3) is 0 Å². The maximum Gasteiger partial charge on any atom is 0.335 e. The molecule has 0 saturated heterocycles. The van der Waals surface area contributed by atoms with E-state index in [9.17, 15) is 14.9 Å². The van der Waals surface area contributed by atoms with Crippen molar-refractivity contribution >= 4 is 11.7 Å². The number of aryl methyl sites for hydroxylation is 1. The normalized spacial score (nSPS) is 10.1. The predicted molar refractivity (Wildman–Crippen MR) is 71.3 cm³/mol. The Balaban J connectivity index is 2.21. The van der Waals surface area contributed by atoms with Gasteiger partial charge in [0, 0.05) is 12.1 Å². The lowest BCUT2D eigenvalue weighted by Gasteiger charge is -2.08. The van der Waals surface area contributed by atoms with Crippen molar-refractivity contribution in [1.82, 2.24) is 0 Å². The molecule has 2 aromatic carbocycles. The molecule has 0 atom stereocenters. The van der Waals surface area contributed by atoms with Crippen molar-refractivity contribution < 1.29 is 19.6 Å². The fourth-order valence-corrected chi connectivity index (χ4v) is 1.65. The summed E-state index contributed by atoms with van der Waals surface area (Å²) in [5.41, 5.74) is 0.787. The number of aromatic carboxylic acids is 1. The second-order valence-electron chi connectivity index (χ2n) is 4.14. The molecule has 102 valence electrons. The number of carboxylic acid groups (broad SMARTS) is 1. The summed E-state index contributed by atoms with van der Waals surface area (Å²) in [6, 6.07) is 10.2. The first-order valence-electron chi connectivity index (χ1n) is 5.73. The molecule has 0 saturated carbocycles. The second kappa shape index (κ2) is 5.40. The van der Waals surface area contributed by atoms with Crippen LogP contribution in [0.3, 0.4) is 0 Å². The van der Waals surface area contributed by atoms with Crippen LogP contribution in [0.2, 0.25) is 0 Å². The molecule has 0 aliphatic heterocycles. The van der Waals surface area contributed by atoms with Gasteiger partial charge in [0.1, 0.15) is 11.5 Å². The number of hydrogen-bond acceptors (Lipinski definition) is 4. The van der Waals surface area contributed by atoms with Crippen LogP contribution < -0.4 is 4.74 Å². The standard InChI is InChI=1S/C14H11NO5/c1-9-8-11(15(18)19)4-7-13(9)20-12-5-2-10(3-6-12)14(16)17/h2-8H,1H3,(H,16,17). The maximum atomic E-state index is 10.7. The molecule has 0 aromatic heterocycles. The number of carboxylic acids is 1. The summed E-state index contributed by atoms with van der Waals surface area (Å²) in [6.07, 6.45) is 0. The molecule has 0 bridgehead atoms. The van der Waals surface area contributed by atoms with E-state index in [0.29, 0.717) is 17.1 Å². The number of non-ortho nitro benzene ring substituents is 1. The third-order valence-corrected chi connectivity index (χ3v) is 2.70. The molecule has 0 fully saturated rings. The zero-order valence-corrected chi connectivity index (χ0v) is 10.6. The van der Waals surface area contributed by atoms with Gasteiger partial charge in [-0.1, -0.05) is 0 Å². The Morgan fingerprint density at radius 3 is 2.35 bits per heavy atom. The van der Waals surface area contributed by atoms with Crippen LogP contribution in [-0.2, 0) is 0 Å². The van der Waals surface area contributed by atoms with Crippen LogP contribution in [0.5, 0.6) is 11.5 Å². The minimum Gasteiger partial charge on any atom is -0.478 e. The number of nitro groups is 1. The van der Waals surface area contributed by atoms with Gasteiger partial charge in [0.05, 0.1) is 10.5 Å². The van der Waals surface area contributed by atoms with E-state index in [1.807, 2.05) is 0 Å². The molecule has 0 heterocycles. The number of nitro benzene ring substituents is 1. The van der Waals surface area contributed by atoms with E-state index < -0.39 is 10.9 Å². The van der Waals surface area contributed by atoms with E-state index in [1.54, 1.807) is 6.92 Å². The molecule has 0 aliphatic carbocycles. The lowest BCUT2D eigenvalue weighted by atomic mass is 10.2. The topological polar surface area (TPSA) is 89.7 Å². The highest BCUT2D eigenvalue weighted by atomic mass is 16.6. The molecular weight excluding hydrogens is 262 g/mol. The summed E-state index contributed by atoms with van der Waals surface area (Å²) in [5, 5.41) is 19.4. The summed E-state index contributed by atoms with van der Waals surface area (Å²) in [5.74, 6) is -0.0614. The van der Waals surface area contributed by atoms with Crippen molar-refractivity contribution in [3.63, 3.8) is 0 Å². The summed E-state index contributed by atoms with van der Waals surface area (Å²) >= 11 is 0. The molecule has 0 amide bonds.